The lowest BCUT2D eigenvalue weighted by atomic mass is 9.91. The lowest BCUT2D eigenvalue weighted by Crippen LogP contribution is -2.44. The van der Waals surface area contributed by atoms with Crippen molar-refractivity contribution in [2.24, 2.45) is 0 Å². The van der Waals surface area contributed by atoms with Crippen molar-refractivity contribution in [1.82, 2.24) is 14.6 Å². The van der Waals surface area contributed by atoms with Crippen LogP contribution in [-0.2, 0) is 26.0 Å². The molecule has 2 heterocycles. The van der Waals surface area contributed by atoms with E-state index in [1.807, 2.05) is 0 Å². The minimum Gasteiger partial charge on any atom is -0.496 e. The first kappa shape index (κ1) is 29.4. The third kappa shape index (κ3) is 5.67. The molecule has 0 radical (unpaired) electrons. The number of aromatic nitrogens is 1. The Morgan fingerprint density at radius 2 is 1.73 bits per heavy atom. The number of ether oxygens (including phenoxy) is 1. The van der Waals surface area contributed by atoms with E-state index in [0.29, 0.717) is 6.07 Å². The molecule has 0 saturated carbocycles. The van der Waals surface area contributed by atoms with E-state index >= 15 is 0 Å². The van der Waals surface area contributed by atoms with Crippen LogP contribution in [-0.4, -0.2) is 70.8 Å². The molecule has 4 rings (SSSR count). The minimum atomic E-state index is -5.14. The summed E-state index contributed by atoms with van der Waals surface area (Å²) < 4.78 is 115. The zero-order valence-corrected chi connectivity index (χ0v) is 22.8. The third-order valence-corrected chi connectivity index (χ3v) is 9.89. The lowest BCUT2D eigenvalue weighted by Gasteiger charge is -2.28. The van der Waals surface area contributed by atoms with Gasteiger partial charge in [-0.2, -0.15) is 17.5 Å². The number of hydrogen-bond acceptors (Lipinski definition) is 7. The van der Waals surface area contributed by atoms with E-state index in [1.54, 1.807) is 0 Å². The van der Waals surface area contributed by atoms with Gasteiger partial charge in [-0.25, -0.2) is 21.2 Å². The first-order chi connectivity index (χ1) is 18.7. The first-order valence-electron chi connectivity index (χ1n) is 11.7. The normalized spacial score (nSPS) is 15.9. The van der Waals surface area contributed by atoms with Gasteiger partial charge in [-0.3, -0.25) is 9.78 Å². The molecule has 0 unspecified atom stereocenters. The molecule has 0 bridgehead atoms. The first-order valence-corrected chi connectivity index (χ1v) is 14.9. The van der Waals surface area contributed by atoms with Gasteiger partial charge < -0.3 is 10.1 Å². The number of alkyl halides is 3. The summed E-state index contributed by atoms with van der Waals surface area (Å²) in [5.74, 6) is -2.72. The number of carbonyl (C=O) groups excluding carboxylic acids is 1. The fraction of sp³-hybridized carbons (Fsp3) is 0.280. The van der Waals surface area contributed by atoms with Crippen LogP contribution in [0.1, 0.15) is 15.9 Å². The second kappa shape index (κ2) is 10.8. The Labute approximate surface area is 227 Å². The fourth-order valence-corrected chi connectivity index (χ4v) is 7.51. The summed E-state index contributed by atoms with van der Waals surface area (Å²) in [6.45, 7) is -0.970. The molecule has 1 aliphatic rings. The standard InChI is InChI=1S/C25H23F4N3O6S2/c1-30-24(33)15-11-20(25(27,28)29)23(22(12-15)40(36,37)32-7-9-39(34,35)10-8-32)19-14-31-6-5-17(19)18-4-3-16(26)13-21(18)38-2/h3-6,11-14H,7-10H2,1-2H3,(H,30,33). The maximum absolute atomic E-state index is 14.6. The molecule has 0 aliphatic carbocycles. The summed E-state index contributed by atoms with van der Waals surface area (Å²) in [5.41, 5.74) is -2.91. The van der Waals surface area contributed by atoms with Crippen LogP contribution >= 0.6 is 0 Å². The van der Waals surface area contributed by atoms with Gasteiger partial charge in [0.1, 0.15) is 11.6 Å². The van der Waals surface area contributed by atoms with Crippen molar-refractivity contribution in [1.29, 1.82) is 0 Å². The maximum Gasteiger partial charge on any atom is 0.417 e. The predicted molar refractivity (Wildman–Crippen MR) is 137 cm³/mol. The highest BCUT2D eigenvalue weighted by molar-refractivity contribution is 7.92. The second-order valence-corrected chi connectivity index (χ2v) is 13.0. The van der Waals surface area contributed by atoms with Gasteiger partial charge in [-0.05, 0) is 35.9 Å². The summed E-state index contributed by atoms with van der Waals surface area (Å²) in [7, 11) is -5.92. The molecule has 0 spiro atoms. The minimum absolute atomic E-state index is 0.0337. The van der Waals surface area contributed by atoms with Gasteiger partial charge in [0.25, 0.3) is 5.91 Å². The number of methoxy groups -OCH3 is 1. The van der Waals surface area contributed by atoms with Crippen molar-refractivity contribution in [2.75, 3.05) is 38.8 Å². The van der Waals surface area contributed by atoms with Gasteiger partial charge in [0.2, 0.25) is 10.0 Å². The molecular formula is C25H23F4N3O6S2. The van der Waals surface area contributed by atoms with E-state index in [2.05, 4.69) is 10.3 Å². The summed E-state index contributed by atoms with van der Waals surface area (Å²) in [4.78, 5) is 15.5. The Kier molecular flexibility index (Phi) is 7.93. The van der Waals surface area contributed by atoms with Gasteiger partial charge in [-0.1, -0.05) is 0 Å². The molecule has 1 aromatic heterocycles. The topological polar surface area (TPSA) is 123 Å². The SMILES string of the molecule is CNC(=O)c1cc(C(F)(F)F)c(-c2cnccc2-c2ccc(F)cc2OC)c(S(=O)(=O)N2CCS(=O)(=O)CC2)c1. The predicted octanol–water partition coefficient (Wildman–Crippen LogP) is 3.36. The zero-order chi connectivity index (χ0) is 29.5. The van der Waals surface area contributed by atoms with Crippen LogP contribution in [0.3, 0.4) is 0 Å². The maximum atomic E-state index is 14.6. The van der Waals surface area contributed by atoms with Gasteiger partial charge in [0.15, 0.2) is 9.84 Å². The molecule has 1 amide bonds. The van der Waals surface area contributed by atoms with Crippen LogP contribution in [0.4, 0.5) is 17.6 Å². The number of pyridine rings is 1. The van der Waals surface area contributed by atoms with Crippen LogP contribution in [0.5, 0.6) is 5.75 Å². The van der Waals surface area contributed by atoms with E-state index < -0.39 is 83.9 Å². The Morgan fingerprint density at radius 3 is 2.33 bits per heavy atom. The molecule has 1 saturated heterocycles. The van der Waals surface area contributed by atoms with Crippen LogP contribution in [0.2, 0.25) is 0 Å². The van der Waals surface area contributed by atoms with Crippen LogP contribution in [0.25, 0.3) is 22.3 Å². The number of benzene rings is 2. The molecule has 3 aromatic rings. The van der Waals surface area contributed by atoms with Gasteiger partial charge >= 0.3 is 6.18 Å². The zero-order valence-electron chi connectivity index (χ0n) is 21.1. The lowest BCUT2D eigenvalue weighted by molar-refractivity contribution is -0.137. The summed E-state index contributed by atoms with van der Waals surface area (Å²) in [6, 6.07) is 6.02. The Morgan fingerprint density at radius 1 is 1.05 bits per heavy atom. The molecule has 15 heteroatoms. The van der Waals surface area contributed by atoms with E-state index in [0.717, 1.165) is 28.7 Å². The largest absolute Gasteiger partial charge is 0.496 e. The number of nitrogens with zero attached hydrogens (tertiary/aromatic N) is 2. The van der Waals surface area contributed by atoms with Crippen LogP contribution < -0.4 is 10.1 Å². The van der Waals surface area contributed by atoms with E-state index in [-0.39, 0.29) is 22.4 Å². The summed E-state index contributed by atoms with van der Waals surface area (Å²) >= 11 is 0. The molecule has 1 aliphatic heterocycles. The van der Waals surface area contributed by atoms with Crippen molar-refractivity contribution < 1.29 is 43.9 Å². The van der Waals surface area contributed by atoms with E-state index in [1.165, 1.54) is 32.5 Å². The second-order valence-electron chi connectivity index (χ2n) is 8.80. The number of nitrogens with one attached hydrogen (secondary N) is 1. The van der Waals surface area contributed by atoms with Crippen molar-refractivity contribution in [3.8, 4) is 28.0 Å². The van der Waals surface area contributed by atoms with Gasteiger partial charge in [-0.15, -0.1) is 0 Å². The highest BCUT2D eigenvalue weighted by Crippen LogP contribution is 2.46. The number of amides is 1. The molecule has 214 valence electrons. The highest BCUT2D eigenvalue weighted by Gasteiger charge is 2.41. The number of sulfone groups is 1. The highest BCUT2D eigenvalue weighted by atomic mass is 32.2. The average molecular weight is 602 g/mol. The number of carbonyl (C=O) groups is 1. The third-order valence-electron chi connectivity index (χ3n) is 6.36. The molecular weight excluding hydrogens is 578 g/mol. The van der Waals surface area contributed by atoms with Gasteiger partial charge in [0, 0.05) is 60.9 Å². The number of rotatable bonds is 6. The quantitative estimate of drug-likeness (QED) is 0.430. The van der Waals surface area contributed by atoms with Gasteiger partial charge in [0.05, 0.1) is 29.1 Å². The average Bonchev–Trinajstić information content (AvgIpc) is 2.91. The molecule has 2 aromatic carbocycles. The smallest absolute Gasteiger partial charge is 0.417 e. The van der Waals surface area contributed by atoms with Crippen molar-refractivity contribution in [3.63, 3.8) is 0 Å². The fourth-order valence-electron chi connectivity index (χ4n) is 4.39. The summed E-state index contributed by atoms with van der Waals surface area (Å²) in [6.07, 6.45) is -2.85. The number of sulfonamides is 1. The molecule has 40 heavy (non-hydrogen) atoms. The molecule has 1 N–H and O–H groups in total. The monoisotopic (exact) mass is 601 g/mol. The number of hydrogen-bond donors (Lipinski definition) is 1. The van der Waals surface area contributed by atoms with Crippen LogP contribution in [0.15, 0.2) is 53.7 Å². The van der Waals surface area contributed by atoms with E-state index in [4.69, 9.17) is 4.74 Å². The molecule has 1 fully saturated rings. The number of halogens is 4. The van der Waals surface area contributed by atoms with Crippen molar-refractivity contribution >= 4 is 25.8 Å². The summed E-state index contributed by atoms with van der Waals surface area (Å²) in [5, 5.41) is 2.19. The Bertz CT molecular complexity index is 1680. The molecule has 0 atom stereocenters. The van der Waals surface area contributed by atoms with Crippen LogP contribution in [0, 0.1) is 5.82 Å². The Hall–Kier alpha value is -3.56. The Balaban J connectivity index is 2.10. The molecule has 9 nitrogen and oxygen atoms in total. The van der Waals surface area contributed by atoms with Crippen molar-refractivity contribution in [2.45, 2.75) is 11.1 Å². The van der Waals surface area contributed by atoms with Crippen molar-refractivity contribution in [3.05, 3.63) is 65.7 Å². The van der Waals surface area contributed by atoms with E-state index in [9.17, 15) is 39.2 Å².